The summed E-state index contributed by atoms with van der Waals surface area (Å²) in [6.45, 7) is 2.03. The summed E-state index contributed by atoms with van der Waals surface area (Å²) < 4.78 is 26.0. The minimum atomic E-state index is -4.20. The lowest BCUT2D eigenvalue weighted by Gasteiger charge is -2.14. The second-order valence-corrected chi connectivity index (χ2v) is 8.39. The van der Waals surface area contributed by atoms with Crippen LogP contribution in [0.5, 0.6) is 0 Å². The molecule has 2 atom stereocenters. The molecule has 0 saturated carbocycles. The summed E-state index contributed by atoms with van der Waals surface area (Å²) in [4.78, 5) is 9.34. The summed E-state index contributed by atoms with van der Waals surface area (Å²) >= 11 is 0. The third kappa shape index (κ3) is 20.5. The predicted octanol–water partition coefficient (Wildman–Crippen LogP) is 4.19. The molecule has 0 aromatic rings. The third-order valence-corrected chi connectivity index (χ3v) is 5.25. The van der Waals surface area contributed by atoms with Gasteiger partial charge in [-0.05, 0) is 6.42 Å². The van der Waals surface area contributed by atoms with Gasteiger partial charge in [-0.25, -0.2) is 4.57 Å². The van der Waals surface area contributed by atoms with Crippen LogP contribution in [0.4, 0.5) is 0 Å². The molecule has 0 aromatic heterocycles. The molecule has 0 saturated heterocycles. The van der Waals surface area contributed by atoms with E-state index in [1.807, 2.05) is 0 Å². The van der Waals surface area contributed by atoms with Crippen molar-refractivity contribution in [3.05, 3.63) is 0 Å². The van der Waals surface area contributed by atoms with Gasteiger partial charge in [-0.2, -0.15) is 0 Å². The number of unbranched alkanes of at least 4 members (excludes halogenated alkanes) is 11. The van der Waals surface area contributed by atoms with Crippen LogP contribution in [0.15, 0.2) is 0 Å². The Bertz CT molecular complexity index is 355. The van der Waals surface area contributed by atoms with Crippen LogP contribution in [0.1, 0.15) is 84.0 Å². The van der Waals surface area contributed by atoms with Crippen molar-refractivity contribution in [2.75, 3.05) is 33.0 Å². The molecule has 0 aliphatic heterocycles. The van der Waals surface area contributed by atoms with Gasteiger partial charge >= 0.3 is 7.82 Å². The number of aliphatic hydroxyl groups is 2. The average molecular weight is 413 g/mol. The second-order valence-electron chi connectivity index (χ2n) is 6.94. The Morgan fingerprint density at radius 2 is 1.30 bits per heavy atom. The maximum Gasteiger partial charge on any atom is 0.472 e. The number of hydrogen-bond acceptors (Lipinski definition) is 6. The Morgan fingerprint density at radius 3 is 1.81 bits per heavy atom. The molecule has 27 heavy (non-hydrogen) atoms. The van der Waals surface area contributed by atoms with Crippen molar-refractivity contribution in [2.45, 2.75) is 90.1 Å². The molecule has 0 aromatic carbocycles. The summed E-state index contributed by atoms with van der Waals surface area (Å²) in [5.74, 6) is 0. The lowest BCUT2D eigenvalue weighted by Crippen LogP contribution is -2.19. The van der Waals surface area contributed by atoms with Gasteiger partial charge < -0.3 is 19.8 Å². The molecule has 8 heteroatoms. The van der Waals surface area contributed by atoms with E-state index in [1.54, 1.807) is 0 Å². The molecular weight excluding hydrogens is 371 g/mol. The van der Waals surface area contributed by atoms with Crippen LogP contribution in [0.2, 0.25) is 0 Å². The molecule has 2 unspecified atom stereocenters. The van der Waals surface area contributed by atoms with E-state index in [9.17, 15) is 9.46 Å². The maximum atomic E-state index is 11.4. The maximum absolute atomic E-state index is 11.4. The smallest absolute Gasteiger partial charge is 0.394 e. The third-order valence-electron chi connectivity index (χ3n) is 4.27. The number of ether oxygens (including phenoxy) is 1. The lowest BCUT2D eigenvalue weighted by molar-refractivity contribution is 0.0294. The molecule has 0 heterocycles. The molecule has 3 N–H and O–H groups in total. The first-order chi connectivity index (χ1) is 13.0. The fraction of sp³-hybridized carbons (Fsp3) is 1.00. The van der Waals surface area contributed by atoms with E-state index in [-0.39, 0.29) is 13.2 Å². The molecule has 0 aliphatic carbocycles. The molecule has 7 nitrogen and oxygen atoms in total. The van der Waals surface area contributed by atoms with Gasteiger partial charge in [0.1, 0.15) is 6.10 Å². The van der Waals surface area contributed by atoms with Gasteiger partial charge in [-0.15, -0.1) is 0 Å². The molecule has 0 fully saturated rings. The van der Waals surface area contributed by atoms with Gasteiger partial charge in [0, 0.05) is 6.61 Å². The Balaban J connectivity index is 3.25. The summed E-state index contributed by atoms with van der Waals surface area (Å²) in [6.07, 6.45) is 14.3. The summed E-state index contributed by atoms with van der Waals surface area (Å²) in [6, 6.07) is 0. The Labute approximate surface area is 165 Å². The van der Waals surface area contributed by atoms with Crippen molar-refractivity contribution in [3.63, 3.8) is 0 Å². The van der Waals surface area contributed by atoms with Crippen LogP contribution >= 0.6 is 7.82 Å². The largest absolute Gasteiger partial charge is 0.472 e. The Kier molecular flexibility index (Phi) is 19.3. The van der Waals surface area contributed by atoms with Gasteiger partial charge in [0.15, 0.2) is 0 Å². The first kappa shape index (κ1) is 27.0. The molecule has 0 bridgehead atoms. The zero-order chi connectivity index (χ0) is 20.2. The number of phosphoric acid groups is 1. The van der Waals surface area contributed by atoms with Crippen molar-refractivity contribution >= 4 is 7.82 Å². The van der Waals surface area contributed by atoms with Crippen LogP contribution in [0.25, 0.3) is 0 Å². The van der Waals surface area contributed by atoms with Gasteiger partial charge in [0.2, 0.25) is 0 Å². The van der Waals surface area contributed by atoms with E-state index in [1.165, 1.54) is 64.2 Å². The van der Waals surface area contributed by atoms with Crippen LogP contribution in [0.3, 0.4) is 0 Å². The minimum absolute atomic E-state index is 0.0543. The van der Waals surface area contributed by atoms with E-state index in [0.717, 1.165) is 12.8 Å². The lowest BCUT2D eigenvalue weighted by atomic mass is 10.1. The summed E-state index contributed by atoms with van der Waals surface area (Å²) in [7, 11) is -4.20. The van der Waals surface area contributed by atoms with Crippen molar-refractivity contribution in [2.24, 2.45) is 0 Å². The Hall–Kier alpha value is -0.0100. The zero-order valence-corrected chi connectivity index (χ0v) is 17.9. The number of rotatable bonds is 21. The fourth-order valence-corrected chi connectivity index (χ4v) is 3.37. The van der Waals surface area contributed by atoms with Crippen molar-refractivity contribution in [1.29, 1.82) is 0 Å². The average Bonchev–Trinajstić information content (AvgIpc) is 2.65. The van der Waals surface area contributed by atoms with E-state index >= 15 is 0 Å². The predicted molar refractivity (Wildman–Crippen MR) is 107 cm³/mol. The number of hydrogen-bond donors (Lipinski definition) is 3. The summed E-state index contributed by atoms with van der Waals surface area (Å²) in [5.41, 5.74) is 0. The molecule has 0 amide bonds. The monoisotopic (exact) mass is 412 g/mol. The van der Waals surface area contributed by atoms with Crippen molar-refractivity contribution in [3.8, 4) is 0 Å². The highest BCUT2D eigenvalue weighted by Crippen LogP contribution is 2.42. The number of phosphoric ester groups is 1. The molecule has 164 valence electrons. The first-order valence-electron chi connectivity index (χ1n) is 10.5. The van der Waals surface area contributed by atoms with E-state index in [4.69, 9.17) is 19.5 Å². The quantitative estimate of drug-likeness (QED) is 0.192. The molecule has 0 radical (unpaired) electrons. The highest BCUT2D eigenvalue weighted by atomic mass is 31.2. The van der Waals surface area contributed by atoms with Crippen molar-refractivity contribution < 1.29 is 33.5 Å². The topological polar surface area (TPSA) is 105 Å². The second kappa shape index (κ2) is 19.3. The normalized spacial score (nSPS) is 15.0. The van der Waals surface area contributed by atoms with Gasteiger partial charge in [0.25, 0.3) is 0 Å². The van der Waals surface area contributed by atoms with Gasteiger partial charge in [0.05, 0.1) is 26.4 Å². The Morgan fingerprint density at radius 1 is 0.778 bits per heavy atom. The summed E-state index contributed by atoms with van der Waals surface area (Å²) in [5, 5.41) is 17.6. The van der Waals surface area contributed by atoms with Crippen LogP contribution < -0.4 is 0 Å². The molecular formula is C19H41O7P. The zero-order valence-electron chi connectivity index (χ0n) is 17.0. The SMILES string of the molecule is CCCCCCCCCCCCCCOCCOP(=O)(O)OCC(O)CO. The minimum Gasteiger partial charge on any atom is -0.394 e. The highest BCUT2D eigenvalue weighted by Gasteiger charge is 2.22. The molecule has 0 spiro atoms. The van der Waals surface area contributed by atoms with Crippen LogP contribution in [0, 0.1) is 0 Å². The number of aliphatic hydroxyl groups excluding tert-OH is 2. The molecule has 0 rings (SSSR count). The van der Waals surface area contributed by atoms with Gasteiger partial charge in [-0.1, -0.05) is 77.6 Å². The molecule has 0 aliphatic rings. The van der Waals surface area contributed by atoms with Crippen LogP contribution in [-0.2, 0) is 18.3 Å². The highest BCUT2D eigenvalue weighted by molar-refractivity contribution is 7.47. The van der Waals surface area contributed by atoms with E-state index in [2.05, 4.69) is 11.4 Å². The fourth-order valence-electron chi connectivity index (χ4n) is 2.63. The van der Waals surface area contributed by atoms with Crippen LogP contribution in [-0.4, -0.2) is 54.2 Å². The first-order valence-corrected chi connectivity index (χ1v) is 12.0. The van der Waals surface area contributed by atoms with Gasteiger partial charge in [-0.3, -0.25) is 9.05 Å². The standard InChI is InChI=1S/C19H41O7P/c1-2-3-4-5-6-7-8-9-10-11-12-13-14-24-15-16-25-27(22,23)26-18-19(21)17-20/h19-21H,2-18H2,1H3,(H,22,23). The van der Waals surface area contributed by atoms with Crippen molar-refractivity contribution in [1.82, 2.24) is 0 Å². The van der Waals surface area contributed by atoms with E-state index in [0.29, 0.717) is 6.61 Å². The van der Waals surface area contributed by atoms with E-state index < -0.39 is 27.1 Å².